The third-order valence-electron chi connectivity index (χ3n) is 2.16. The van der Waals surface area contributed by atoms with Crippen LogP contribution in [0.2, 0.25) is 5.02 Å². The molecular formula is C12H15ClO3. The van der Waals surface area contributed by atoms with Crippen LogP contribution in [-0.4, -0.2) is 24.6 Å². The summed E-state index contributed by atoms with van der Waals surface area (Å²) in [5.41, 5.74) is 0.467. The minimum Gasteiger partial charge on any atom is -0.493 e. The van der Waals surface area contributed by atoms with Gasteiger partial charge >= 0.3 is 0 Å². The van der Waals surface area contributed by atoms with Gasteiger partial charge in [0, 0.05) is 11.6 Å². The maximum atomic E-state index is 10.7. The summed E-state index contributed by atoms with van der Waals surface area (Å²) in [5, 5.41) is 9.12. The van der Waals surface area contributed by atoms with Crippen molar-refractivity contribution in [1.29, 1.82) is 0 Å². The molecule has 0 heterocycles. The number of unbranched alkanes of at least 4 members (excludes halogenated alkanes) is 2. The van der Waals surface area contributed by atoms with Crippen molar-refractivity contribution in [3.05, 3.63) is 28.8 Å². The molecule has 0 aliphatic carbocycles. The zero-order chi connectivity index (χ0) is 11.8. The lowest BCUT2D eigenvalue weighted by Gasteiger charge is -2.08. The molecule has 0 aliphatic heterocycles. The molecule has 0 bridgehead atoms. The first-order valence-electron chi connectivity index (χ1n) is 5.26. The third-order valence-corrected chi connectivity index (χ3v) is 2.39. The van der Waals surface area contributed by atoms with E-state index < -0.39 is 0 Å². The summed E-state index contributed by atoms with van der Waals surface area (Å²) < 4.78 is 5.46. The largest absolute Gasteiger partial charge is 0.493 e. The van der Waals surface area contributed by atoms with Crippen molar-refractivity contribution in [2.45, 2.75) is 19.3 Å². The van der Waals surface area contributed by atoms with Crippen LogP contribution in [0, 0.1) is 0 Å². The smallest absolute Gasteiger partial charge is 0.153 e. The van der Waals surface area contributed by atoms with Crippen LogP contribution in [0.5, 0.6) is 5.75 Å². The second-order valence-electron chi connectivity index (χ2n) is 3.43. The Morgan fingerprint density at radius 1 is 1.31 bits per heavy atom. The van der Waals surface area contributed by atoms with Gasteiger partial charge in [-0.1, -0.05) is 11.6 Å². The van der Waals surface area contributed by atoms with Crippen molar-refractivity contribution in [2.24, 2.45) is 0 Å². The number of ether oxygens (including phenoxy) is 1. The fraction of sp³-hybridized carbons (Fsp3) is 0.417. The molecule has 4 heteroatoms. The van der Waals surface area contributed by atoms with Crippen molar-refractivity contribution in [1.82, 2.24) is 0 Å². The average molecular weight is 243 g/mol. The zero-order valence-corrected chi connectivity index (χ0v) is 9.74. The van der Waals surface area contributed by atoms with Crippen LogP contribution in [0.25, 0.3) is 0 Å². The predicted octanol–water partition coefficient (Wildman–Crippen LogP) is 2.69. The SMILES string of the molecule is O=Cc1cc(Cl)ccc1OCCCCCO. The number of carbonyl (C=O) groups excluding carboxylic acids is 1. The molecule has 0 amide bonds. The van der Waals surface area contributed by atoms with Gasteiger partial charge in [0.05, 0.1) is 12.2 Å². The number of rotatable bonds is 7. The van der Waals surface area contributed by atoms with Crippen LogP contribution in [0.4, 0.5) is 0 Å². The van der Waals surface area contributed by atoms with Crippen LogP contribution >= 0.6 is 11.6 Å². The molecule has 0 aromatic heterocycles. The van der Waals surface area contributed by atoms with Gasteiger partial charge in [0.15, 0.2) is 6.29 Å². The maximum Gasteiger partial charge on any atom is 0.153 e. The van der Waals surface area contributed by atoms with Gasteiger partial charge in [0.25, 0.3) is 0 Å². The highest BCUT2D eigenvalue weighted by atomic mass is 35.5. The van der Waals surface area contributed by atoms with Gasteiger partial charge in [-0.05, 0) is 37.5 Å². The molecule has 1 N–H and O–H groups in total. The van der Waals surface area contributed by atoms with E-state index in [0.717, 1.165) is 25.5 Å². The molecule has 0 saturated carbocycles. The van der Waals surface area contributed by atoms with E-state index in [9.17, 15) is 4.79 Å². The van der Waals surface area contributed by atoms with Gasteiger partial charge in [0.1, 0.15) is 5.75 Å². The molecule has 0 atom stereocenters. The van der Waals surface area contributed by atoms with E-state index >= 15 is 0 Å². The van der Waals surface area contributed by atoms with Gasteiger partial charge < -0.3 is 9.84 Å². The number of halogens is 1. The summed E-state index contributed by atoms with van der Waals surface area (Å²) in [4.78, 5) is 10.7. The van der Waals surface area contributed by atoms with Gasteiger partial charge in [0.2, 0.25) is 0 Å². The number of benzene rings is 1. The Labute approximate surface area is 100.0 Å². The molecule has 0 unspecified atom stereocenters. The molecule has 3 nitrogen and oxygen atoms in total. The number of aliphatic hydroxyl groups is 1. The molecule has 16 heavy (non-hydrogen) atoms. The Morgan fingerprint density at radius 3 is 2.81 bits per heavy atom. The molecule has 0 aliphatic rings. The van der Waals surface area contributed by atoms with E-state index in [1.807, 2.05) is 0 Å². The second-order valence-corrected chi connectivity index (χ2v) is 3.87. The van der Waals surface area contributed by atoms with Crippen molar-refractivity contribution in [2.75, 3.05) is 13.2 Å². The van der Waals surface area contributed by atoms with Crippen LogP contribution < -0.4 is 4.74 Å². The summed E-state index contributed by atoms with van der Waals surface area (Å²) in [7, 11) is 0. The fourth-order valence-corrected chi connectivity index (χ4v) is 1.50. The standard InChI is InChI=1S/C12H15ClO3/c13-11-4-5-12(10(8-11)9-15)16-7-3-1-2-6-14/h4-5,8-9,14H,1-3,6-7H2. The van der Waals surface area contributed by atoms with Gasteiger partial charge in [-0.15, -0.1) is 0 Å². The van der Waals surface area contributed by atoms with Crippen molar-refractivity contribution in [3.8, 4) is 5.75 Å². The lowest BCUT2D eigenvalue weighted by atomic mass is 10.2. The Kier molecular flexibility index (Phi) is 5.90. The minimum absolute atomic E-state index is 0.209. The summed E-state index contributed by atoms with van der Waals surface area (Å²) >= 11 is 5.76. The predicted molar refractivity (Wildman–Crippen MR) is 63.3 cm³/mol. The number of hydrogen-bond donors (Lipinski definition) is 1. The topological polar surface area (TPSA) is 46.5 Å². The van der Waals surface area contributed by atoms with Gasteiger partial charge in [-0.25, -0.2) is 0 Å². The van der Waals surface area contributed by atoms with Crippen LogP contribution in [0.15, 0.2) is 18.2 Å². The van der Waals surface area contributed by atoms with E-state index in [1.165, 1.54) is 0 Å². The van der Waals surface area contributed by atoms with Crippen LogP contribution in [0.1, 0.15) is 29.6 Å². The van der Waals surface area contributed by atoms with E-state index in [4.69, 9.17) is 21.4 Å². The Bertz CT molecular complexity index is 339. The molecule has 1 rings (SSSR count). The minimum atomic E-state index is 0.209. The van der Waals surface area contributed by atoms with Crippen molar-refractivity contribution in [3.63, 3.8) is 0 Å². The molecule has 0 spiro atoms. The summed E-state index contributed by atoms with van der Waals surface area (Å²) in [6, 6.07) is 4.97. The number of aldehydes is 1. The van der Waals surface area contributed by atoms with Crippen LogP contribution in [-0.2, 0) is 0 Å². The Hall–Kier alpha value is -1.06. The second kappa shape index (κ2) is 7.25. The maximum absolute atomic E-state index is 10.7. The highest BCUT2D eigenvalue weighted by molar-refractivity contribution is 6.30. The first-order valence-corrected chi connectivity index (χ1v) is 5.64. The first kappa shape index (κ1) is 13.0. The summed E-state index contributed by atoms with van der Waals surface area (Å²) in [5.74, 6) is 0.559. The average Bonchev–Trinajstić information content (AvgIpc) is 2.30. The third kappa shape index (κ3) is 4.21. The monoisotopic (exact) mass is 242 g/mol. The summed E-state index contributed by atoms with van der Waals surface area (Å²) in [6.45, 7) is 0.753. The highest BCUT2D eigenvalue weighted by Crippen LogP contribution is 2.21. The summed E-state index contributed by atoms with van der Waals surface area (Å²) in [6.07, 6.45) is 3.29. The molecular weight excluding hydrogens is 228 g/mol. The molecule has 1 aromatic carbocycles. The Morgan fingerprint density at radius 2 is 2.12 bits per heavy atom. The molecule has 1 aromatic rings. The number of hydrogen-bond acceptors (Lipinski definition) is 3. The zero-order valence-electron chi connectivity index (χ0n) is 8.99. The van der Waals surface area contributed by atoms with Gasteiger partial charge in [-0.2, -0.15) is 0 Å². The van der Waals surface area contributed by atoms with Gasteiger partial charge in [-0.3, -0.25) is 4.79 Å². The number of aliphatic hydroxyl groups excluding tert-OH is 1. The lowest BCUT2D eigenvalue weighted by Crippen LogP contribution is -2.00. The molecule has 0 radical (unpaired) electrons. The quantitative estimate of drug-likeness (QED) is 0.591. The Balaban J connectivity index is 2.44. The highest BCUT2D eigenvalue weighted by Gasteiger charge is 2.03. The molecule has 0 fully saturated rings. The van der Waals surface area contributed by atoms with Crippen molar-refractivity contribution >= 4 is 17.9 Å². The van der Waals surface area contributed by atoms with Crippen LogP contribution in [0.3, 0.4) is 0 Å². The normalized spacial score (nSPS) is 10.1. The fourth-order valence-electron chi connectivity index (χ4n) is 1.32. The lowest BCUT2D eigenvalue weighted by molar-refractivity contribution is 0.111. The first-order chi connectivity index (χ1) is 7.77. The van der Waals surface area contributed by atoms with E-state index in [0.29, 0.717) is 22.9 Å². The molecule has 0 saturated heterocycles. The molecule has 88 valence electrons. The van der Waals surface area contributed by atoms with E-state index in [-0.39, 0.29) is 6.61 Å². The van der Waals surface area contributed by atoms with Crippen molar-refractivity contribution < 1.29 is 14.6 Å². The number of carbonyl (C=O) groups is 1. The van der Waals surface area contributed by atoms with E-state index in [1.54, 1.807) is 18.2 Å². The van der Waals surface area contributed by atoms with E-state index in [2.05, 4.69) is 0 Å².